The maximum atomic E-state index is 12.4. The van der Waals surface area contributed by atoms with Crippen molar-refractivity contribution in [3.63, 3.8) is 0 Å². The van der Waals surface area contributed by atoms with Crippen LogP contribution in [0.15, 0.2) is 84.9 Å². The number of rotatable bonds is 5. The molecule has 0 bridgehead atoms. The second-order valence-corrected chi connectivity index (χ2v) is 6.98. The Morgan fingerprint density at radius 2 is 1.55 bits per heavy atom. The first-order valence-corrected chi connectivity index (χ1v) is 9.51. The molecule has 1 aliphatic rings. The van der Waals surface area contributed by atoms with E-state index in [0.717, 1.165) is 33.7 Å². The van der Waals surface area contributed by atoms with Gasteiger partial charge in [-0.05, 0) is 23.3 Å². The van der Waals surface area contributed by atoms with Gasteiger partial charge in [-0.1, -0.05) is 72.8 Å². The van der Waals surface area contributed by atoms with Crippen molar-refractivity contribution in [3.05, 3.63) is 107 Å². The number of hydrogen-bond donors (Lipinski definition) is 2. The number of benzene rings is 3. The van der Waals surface area contributed by atoms with Crippen molar-refractivity contribution in [2.24, 2.45) is 0 Å². The standard InChI is InChI=1S/C24H19N3O2/c28-24-23-20(22(26-27-23)17-9-5-2-6-10-17)21(25-24)18-11-13-19(14-12-18)29-15-16-7-3-1-4-8-16/h1-14,21H,15H2,(H,25,28)(H,26,27). The zero-order chi connectivity index (χ0) is 19.6. The molecule has 1 atom stereocenters. The van der Waals surface area contributed by atoms with E-state index >= 15 is 0 Å². The van der Waals surface area contributed by atoms with Crippen LogP contribution in [0.25, 0.3) is 11.3 Å². The first kappa shape index (κ1) is 17.3. The molecular formula is C24H19N3O2. The number of ether oxygens (including phenoxy) is 1. The minimum Gasteiger partial charge on any atom is -0.489 e. The van der Waals surface area contributed by atoms with Crippen LogP contribution in [0.1, 0.15) is 33.2 Å². The average molecular weight is 381 g/mol. The molecule has 1 aromatic heterocycles. The van der Waals surface area contributed by atoms with Crippen LogP contribution in [0.5, 0.6) is 5.75 Å². The lowest BCUT2D eigenvalue weighted by molar-refractivity contribution is 0.0955. The fourth-order valence-electron chi connectivity index (χ4n) is 3.64. The molecule has 3 aromatic carbocycles. The van der Waals surface area contributed by atoms with E-state index in [2.05, 4.69) is 15.5 Å². The largest absolute Gasteiger partial charge is 0.489 e. The molecule has 5 nitrogen and oxygen atoms in total. The summed E-state index contributed by atoms with van der Waals surface area (Å²) in [5.41, 5.74) is 5.30. The van der Waals surface area contributed by atoms with Gasteiger partial charge in [-0.15, -0.1) is 0 Å². The highest BCUT2D eigenvalue weighted by Crippen LogP contribution is 2.37. The normalized spacial score (nSPS) is 15.0. The topological polar surface area (TPSA) is 67.0 Å². The van der Waals surface area contributed by atoms with E-state index in [1.807, 2.05) is 84.9 Å². The van der Waals surface area contributed by atoms with Gasteiger partial charge in [0, 0.05) is 11.1 Å². The summed E-state index contributed by atoms with van der Waals surface area (Å²) in [6.07, 6.45) is 0. The van der Waals surface area contributed by atoms with Crippen molar-refractivity contribution in [1.29, 1.82) is 0 Å². The van der Waals surface area contributed by atoms with Gasteiger partial charge in [-0.25, -0.2) is 0 Å². The molecule has 0 spiro atoms. The van der Waals surface area contributed by atoms with Crippen molar-refractivity contribution in [3.8, 4) is 17.0 Å². The van der Waals surface area contributed by atoms with E-state index in [9.17, 15) is 4.79 Å². The number of aromatic amines is 1. The highest BCUT2D eigenvalue weighted by Gasteiger charge is 2.35. The summed E-state index contributed by atoms with van der Waals surface area (Å²) in [7, 11) is 0. The molecule has 0 saturated carbocycles. The van der Waals surface area contributed by atoms with Crippen molar-refractivity contribution in [1.82, 2.24) is 15.5 Å². The molecule has 0 saturated heterocycles. The second-order valence-electron chi connectivity index (χ2n) is 6.98. The second kappa shape index (κ2) is 7.28. The summed E-state index contributed by atoms with van der Waals surface area (Å²) >= 11 is 0. The fourth-order valence-corrected chi connectivity index (χ4v) is 3.64. The molecule has 1 amide bonds. The van der Waals surface area contributed by atoms with Gasteiger partial charge >= 0.3 is 0 Å². The van der Waals surface area contributed by atoms with E-state index < -0.39 is 0 Å². The quantitative estimate of drug-likeness (QED) is 0.535. The highest BCUT2D eigenvalue weighted by atomic mass is 16.5. The number of H-pyrrole nitrogens is 1. The number of carbonyl (C=O) groups is 1. The third-order valence-electron chi connectivity index (χ3n) is 5.10. The SMILES string of the molecule is O=C1NC(c2ccc(OCc3ccccc3)cc2)c2c(-c3ccccc3)n[nH]c21. The van der Waals surface area contributed by atoms with Gasteiger partial charge in [-0.3, -0.25) is 9.89 Å². The average Bonchev–Trinajstić information content (AvgIpc) is 3.36. The van der Waals surface area contributed by atoms with Crippen molar-refractivity contribution < 1.29 is 9.53 Å². The predicted molar refractivity (Wildman–Crippen MR) is 111 cm³/mol. The van der Waals surface area contributed by atoms with Crippen LogP contribution in [0.2, 0.25) is 0 Å². The molecule has 1 unspecified atom stereocenters. The third kappa shape index (κ3) is 3.27. The Balaban J connectivity index is 1.40. The van der Waals surface area contributed by atoms with Crippen LogP contribution < -0.4 is 10.1 Å². The van der Waals surface area contributed by atoms with Gasteiger partial charge in [0.05, 0.1) is 11.7 Å². The summed E-state index contributed by atoms with van der Waals surface area (Å²) in [5.74, 6) is 0.654. The molecule has 0 fully saturated rings. The first-order chi connectivity index (χ1) is 14.3. The Labute approximate surface area is 168 Å². The van der Waals surface area contributed by atoms with E-state index in [0.29, 0.717) is 12.3 Å². The fraction of sp³-hybridized carbons (Fsp3) is 0.0833. The minimum absolute atomic E-state index is 0.135. The molecule has 0 aliphatic carbocycles. The van der Waals surface area contributed by atoms with Gasteiger partial charge in [-0.2, -0.15) is 5.10 Å². The summed E-state index contributed by atoms with van der Waals surface area (Å²) in [5, 5.41) is 10.4. The molecule has 0 radical (unpaired) electrons. The van der Waals surface area contributed by atoms with Crippen molar-refractivity contribution in [2.45, 2.75) is 12.6 Å². The van der Waals surface area contributed by atoms with Gasteiger partial charge in [0.25, 0.3) is 5.91 Å². The van der Waals surface area contributed by atoms with Crippen LogP contribution in [-0.2, 0) is 6.61 Å². The molecule has 4 aromatic rings. The first-order valence-electron chi connectivity index (χ1n) is 9.51. The summed E-state index contributed by atoms with van der Waals surface area (Å²) in [6, 6.07) is 27.6. The zero-order valence-electron chi connectivity index (χ0n) is 15.6. The summed E-state index contributed by atoms with van der Waals surface area (Å²) in [4.78, 5) is 12.4. The van der Waals surface area contributed by atoms with E-state index in [1.165, 1.54) is 0 Å². The number of hydrogen-bond acceptors (Lipinski definition) is 3. The van der Waals surface area contributed by atoms with Gasteiger partial charge in [0.15, 0.2) is 0 Å². The summed E-state index contributed by atoms with van der Waals surface area (Å²) in [6.45, 7) is 0.518. The van der Waals surface area contributed by atoms with Crippen molar-refractivity contribution in [2.75, 3.05) is 0 Å². The minimum atomic E-state index is -0.241. The predicted octanol–water partition coefficient (Wildman–Crippen LogP) is 4.49. The molecule has 5 heteroatoms. The van der Waals surface area contributed by atoms with E-state index in [1.54, 1.807) is 0 Å². The Morgan fingerprint density at radius 1 is 0.862 bits per heavy atom. The van der Waals surface area contributed by atoms with Crippen LogP contribution in [-0.4, -0.2) is 16.1 Å². The molecule has 2 N–H and O–H groups in total. The monoisotopic (exact) mass is 381 g/mol. The molecule has 29 heavy (non-hydrogen) atoms. The van der Waals surface area contributed by atoms with Gasteiger partial charge < -0.3 is 10.1 Å². The maximum absolute atomic E-state index is 12.4. The molecular weight excluding hydrogens is 362 g/mol. The number of fused-ring (bicyclic) bond motifs is 1. The zero-order valence-corrected chi connectivity index (χ0v) is 15.6. The summed E-state index contributed by atoms with van der Waals surface area (Å²) < 4.78 is 5.87. The smallest absolute Gasteiger partial charge is 0.270 e. The number of carbonyl (C=O) groups excluding carboxylic acids is 1. The Bertz CT molecular complexity index is 1140. The van der Waals surface area contributed by atoms with E-state index in [4.69, 9.17) is 4.74 Å². The number of nitrogens with zero attached hydrogens (tertiary/aromatic N) is 1. The maximum Gasteiger partial charge on any atom is 0.270 e. The van der Waals surface area contributed by atoms with Crippen molar-refractivity contribution >= 4 is 5.91 Å². The van der Waals surface area contributed by atoms with Crippen LogP contribution in [0, 0.1) is 0 Å². The lowest BCUT2D eigenvalue weighted by Crippen LogP contribution is -2.21. The lowest BCUT2D eigenvalue weighted by atomic mass is 9.97. The molecule has 142 valence electrons. The van der Waals surface area contributed by atoms with Crippen LogP contribution in [0.3, 0.4) is 0 Å². The Kier molecular flexibility index (Phi) is 4.33. The number of aromatic nitrogens is 2. The lowest BCUT2D eigenvalue weighted by Gasteiger charge is -2.14. The Morgan fingerprint density at radius 3 is 2.28 bits per heavy atom. The number of nitrogens with one attached hydrogen (secondary N) is 2. The highest BCUT2D eigenvalue weighted by molar-refractivity contribution is 6.00. The molecule has 1 aliphatic heterocycles. The number of amides is 1. The Hall–Kier alpha value is -3.86. The van der Waals surface area contributed by atoms with Crippen LogP contribution >= 0.6 is 0 Å². The van der Waals surface area contributed by atoms with Crippen LogP contribution in [0.4, 0.5) is 0 Å². The molecule has 2 heterocycles. The van der Waals surface area contributed by atoms with Gasteiger partial charge in [0.1, 0.15) is 18.1 Å². The molecule has 5 rings (SSSR count). The van der Waals surface area contributed by atoms with Gasteiger partial charge in [0.2, 0.25) is 0 Å². The van der Waals surface area contributed by atoms with E-state index in [-0.39, 0.29) is 11.9 Å². The third-order valence-corrected chi connectivity index (χ3v) is 5.10.